The van der Waals surface area contributed by atoms with Crippen LogP contribution in [0.1, 0.15) is 23.0 Å². The number of ether oxygens (including phenoxy) is 1. The number of hydrazone groups is 1. The molecule has 154 valence electrons. The topological polar surface area (TPSA) is 170 Å². The molecule has 3 aromatic rings. The third-order valence-electron chi connectivity index (χ3n) is 3.90. The van der Waals surface area contributed by atoms with Gasteiger partial charge in [0.25, 0.3) is 11.4 Å². The Morgan fingerprint density at radius 2 is 1.93 bits per heavy atom. The van der Waals surface area contributed by atoms with Gasteiger partial charge in [0.1, 0.15) is 5.58 Å². The van der Waals surface area contributed by atoms with E-state index in [0.29, 0.717) is 5.39 Å². The van der Waals surface area contributed by atoms with Gasteiger partial charge in [0.2, 0.25) is 0 Å². The fourth-order valence-corrected chi connectivity index (χ4v) is 2.56. The van der Waals surface area contributed by atoms with E-state index >= 15 is 0 Å². The van der Waals surface area contributed by atoms with Crippen molar-refractivity contribution in [2.75, 3.05) is 6.61 Å². The summed E-state index contributed by atoms with van der Waals surface area (Å²) in [6.07, 6.45) is 1.01. The molecule has 0 radical (unpaired) electrons. The van der Waals surface area contributed by atoms with Crippen LogP contribution in [0.5, 0.6) is 11.5 Å². The molecular formula is C18H14N4O8. The Hall–Kier alpha value is -4.48. The summed E-state index contributed by atoms with van der Waals surface area (Å²) in [7, 11) is 0. The molecule has 1 aromatic heterocycles. The molecule has 0 unspecified atom stereocenters. The van der Waals surface area contributed by atoms with E-state index in [9.17, 15) is 30.1 Å². The largest absolute Gasteiger partial charge is 0.504 e. The van der Waals surface area contributed by atoms with E-state index in [1.807, 2.05) is 0 Å². The van der Waals surface area contributed by atoms with E-state index in [0.717, 1.165) is 18.3 Å². The van der Waals surface area contributed by atoms with Crippen molar-refractivity contribution in [1.29, 1.82) is 0 Å². The highest BCUT2D eigenvalue weighted by atomic mass is 16.6. The predicted octanol–water partition coefficient (Wildman–Crippen LogP) is 3.12. The lowest BCUT2D eigenvalue weighted by molar-refractivity contribution is -0.385. The van der Waals surface area contributed by atoms with E-state index < -0.39 is 15.8 Å². The zero-order valence-corrected chi connectivity index (χ0v) is 15.4. The summed E-state index contributed by atoms with van der Waals surface area (Å²) in [6.45, 7) is 1.82. The molecule has 2 aromatic carbocycles. The second-order valence-corrected chi connectivity index (χ2v) is 5.86. The van der Waals surface area contributed by atoms with Gasteiger partial charge in [-0.3, -0.25) is 25.0 Å². The molecule has 30 heavy (non-hydrogen) atoms. The second-order valence-electron chi connectivity index (χ2n) is 5.86. The van der Waals surface area contributed by atoms with Crippen molar-refractivity contribution in [3.63, 3.8) is 0 Å². The number of aromatic hydroxyl groups is 1. The van der Waals surface area contributed by atoms with E-state index in [1.54, 1.807) is 6.92 Å². The first-order valence-corrected chi connectivity index (χ1v) is 8.45. The molecule has 1 amide bonds. The number of nitro groups is 2. The average molecular weight is 414 g/mol. The Morgan fingerprint density at radius 3 is 2.60 bits per heavy atom. The number of nitrogens with zero attached hydrogens (tertiary/aromatic N) is 3. The molecule has 1 heterocycles. The summed E-state index contributed by atoms with van der Waals surface area (Å²) in [4.78, 5) is 32.8. The number of hydrogen-bond acceptors (Lipinski definition) is 9. The third kappa shape index (κ3) is 4.16. The van der Waals surface area contributed by atoms with Gasteiger partial charge in [-0.15, -0.1) is 0 Å². The average Bonchev–Trinajstić information content (AvgIpc) is 3.14. The first-order valence-electron chi connectivity index (χ1n) is 8.45. The molecule has 0 bridgehead atoms. The summed E-state index contributed by atoms with van der Waals surface area (Å²) < 4.78 is 10.5. The maximum absolute atomic E-state index is 12.2. The summed E-state index contributed by atoms with van der Waals surface area (Å²) >= 11 is 0. The molecule has 0 fully saturated rings. The number of furan rings is 1. The van der Waals surface area contributed by atoms with Gasteiger partial charge in [0.15, 0.2) is 17.3 Å². The molecule has 12 nitrogen and oxygen atoms in total. The zero-order valence-electron chi connectivity index (χ0n) is 15.4. The summed E-state index contributed by atoms with van der Waals surface area (Å²) in [5.74, 6) is -1.39. The Balaban J connectivity index is 1.81. The molecule has 2 N–H and O–H groups in total. The Kier molecular flexibility index (Phi) is 5.58. The van der Waals surface area contributed by atoms with Crippen LogP contribution < -0.4 is 10.2 Å². The SMILES string of the molecule is CCOc1cc([N+](=O)[O-])cc(/C=N\NC(=O)c2cc3cc([N+](=O)[O-])ccc3o2)c1O. The van der Waals surface area contributed by atoms with Crippen LogP contribution in [0.3, 0.4) is 0 Å². The van der Waals surface area contributed by atoms with Crippen LogP contribution >= 0.6 is 0 Å². The van der Waals surface area contributed by atoms with Crippen LogP contribution in [0.2, 0.25) is 0 Å². The lowest BCUT2D eigenvalue weighted by Gasteiger charge is -2.07. The quantitative estimate of drug-likeness (QED) is 0.337. The van der Waals surface area contributed by atoms with E-state index in [2.05, 4.69) is 10.5 Å². The third-order valence-corrected chi connectivity index (χ3v) is 3.90. The fourth-order valence-electron chi connectivity index (χ4n) is 2.56. The van der Waals surface area contributed by atoms with Crippen LogP contribution in [0.4, 0.5) is 11.4 Å². The first kappa shape index (κ1) is 20.3. The number of phenols is 1. The highest BCUT2D eigenvalue weighted by Gasteiger charge is 2.17. The van der Waals surface area contributed by atoms with E-state index in [1.165, 1.54) is 24.3 Å². The highest BCUT2D eigenvalue weighted by Crippen LogP contribution is 2.33. The standard InChI is InChI=1S/C18H14N4O8/c1-2-29-15-8-13(22(27)28)6-11(17(15)23)9-19-20-18(24)16-7-10-5-12(21(25)26)3-4-14(10)30-16/h3-9,23H,2H2,1H3,(H,20,24)/b19-9-. The molecule has 0 aliphatic rings. The number of nitro benzene ring substituents is 2. The smallest absolute Gasteiger partial charge is 0.307 e. The number of carbonyl (C=O) groups excluding carboxylic acids is 1. The van der Waals surface area contributed by atoms with Crippen molar-refractivity contribution >= 4 is 34.5 Å². The number of hydrogen-bond donors (Lipinski definition) is 2. The molecule has 0 spiro atoms. The molecule has 0 saturated heterocycles. The molecule has 0 saturated carbocycles. The minimum Gasteiger partial charge on any atom is -0.504 e. The van der Waals surface area contributed by atoms with Crippen molar-refractivity contribution in [2.45, 2.75) is 6.92 Å². The van der Waals surface area contributed by atoms with Crippen molar-refractivity contribution in [3.8, 4) is 11.5 Å². The van der Waals surface area contributed by atoms with Crippen molar-refractivity contribution in [3.05, 3.63) is 68.0 Å². The number of amides is 1. The summed E-state index contributed by atoms with van der Waals surface area (Å²) in [5.41, 5.74) is 1.89. The fraction of sp³-hybridized carbons (Fsp3) is 0.111. The number of nitrogens with one attached hydrogen (secondary N) is 1. The van der Waals surface area contributed by atoms with Crippen LogP contribution in [-0.4, -0.2) is 33.7 Å². The number of non-ortho nitro benzene ring substituents is 2. The van der Waals surface area contributed by atoms with Crippen LogP contribution in [0, 0.1) is 20.2 Å². The summed E-state index contributed by atoms with van der Waals surface area (Å²) in [6, 6.07) is 7.31. The van der Waals surface area contributed by atoms with Gasteiger partial charge in [-0.05, 0) is 19.1 Å². The molecule has 12 heteroatoms. The number of fused-ring (bicyclic) bond motifs is 1. The van der Waals surface area contributed by atoms with Crippen LogP contribution in [0.25, 0.3) is 11.0 Å². The molecule has 3 rings (SSSR count). The van der Waals surface area contributed by atoms with Crippen molar-refractivity contribution < 1.29 is 28.9 Å². The first-order chi connectivity index (χ1) is 14.3. The molecular weight excluding hydrogens is 400 g/mol. The van der Waals surface area contributed by atoms with Gasteiger partial charge < -0.3 is 14.3 Å². The van der Waals surface area contributed by atoms with Crippen LogP contribution in [-0.2, 0) is 0 Å². The summed E-state index contributed by atoms with van der Waals surface area (Å²) in [5, 5.41) is 36.0. The van der Waals surface area contributed by atoms with E-state index in [-0.39, 0.29) is 46.4 Å². The number of benzene rings is 2. The van der Waals surface area contributed by atoms with Crippen LogP contribution in [0.15, 0.2) is 45.9 Å². The lowest BCUT2D eigenvalue weighted by atomic mass is 10.1. The molecule has 0 atom stereocenters. The normalized spacial score (nSPS) is 11.0. The minimum absolute atomic E-state index is 0.0480. The van der Waals surface area contributed by atoms with Gasteiger partial charge in [-0.25, -0.2) is 5.43 Å². The van der Waals surface area contributed by atoms with E-state index in [4.69, 9.17) is 9.15 Å². The lowest BCUT2D eigenvalue weighted by Crippen LogP contribution is -2.16. The van der Waals surface area contributed by atoms with Gasteiger partial charge in [-0.1, -0.05) is 0 Å². The molecule has 0 aliphatic carbocycles. The zero-order chi connectivity index (χ0) is 21.8. The maximum atomic E-state index is 12.2. The Morgan fingerprint density at radius 1 is 1.20 bits per heavy atom. The second kappa shape index (κ2) is 8.26. The monoisotopic (exact) mass is 414 g/mol. The maximum Gasteiger partial charge on any atom is 0.307 e. The van der Waals surface area contributed by atoms with Crippen molar-refractivity contribution in [1.82, 2.24) is 5.43 Å². The number of rotatable bonds is 7. The van der Waals surface area contributed by atoms with Crippen molar-refractivity contribution in [2.24, 2.45) is 5.10 Å². The number of carbonyl (C=O) groups is 1. The number of phenolic OH excluding ortho intramolecular Hbond substituents is 1. The van der Waals surface area contributed by atoms with Gasteiger partial charge in [-0.2, -0.15) is 5.10 Å². The Bertz CT molecular complexity index is 1180. The van der Waals surface area contributed by atoms with Gasteiger partial charge >= 0.3 is 5.91 Å². The Labute approximate surface area is 167 Å². The highest BCUT2D eigenvalue weighted by molar-refractivity contribution is 5.97. The van der Waals surface area contributed by atoms with Gasteiger partial charge in [0.05, 0.1) is 28.7 Å². The molecule has 0 aliphatic heterocycles. The minimum atomic E-state index is -0.764. The van der Waals surface area contributed by atoms with Gasteiger partial charge in [0, 0.05) is 29.1 Å². The predicted molar refractivity (Wildman–Crippen MR) is 104 cm³/mol.